The SMILES string of the molecule is CCCCCC.[H-].[H-].[H-].[Li+].[Mg+2]. The molecule has 0 atom stereocenters. The third-order valence-electron chi connectivity index (χ3n) is 0.957. The van der Waals surface area contributed by atoms with Gasteiger partial charge in [-0.2, -0.15) is 0 Å². The molecule has 0 saturated heterocycles. The van der Waals surface area contributed by atoms with E-state index in [-0.39, 0.29) is 46.2 Å². The third kappa shape index (κ3) is 15.7. The molecule has 0 rings (SSSR count). The predicted molar refractivity (Wildman–Crippen MR) is 38.9 cm³/mol. The van der Waals surface area contributed by atoms with Gasteiger partial charge in [0, 0.05) is 0 Å². The first-order valence-electron chi connectivity index (χ1n) is 2.91. The first-order valence-corrected chi connectivity index (χ1v) is 2.91. The van der Waals surface area contributed by atoms with Crippen LogP contribution in [-0.2, 0) is 0 Å². The van der Waals surface area contributed by atoms with Crippen molar-refractivity contribution in [2.75, 3.05) is 0 Å². The van der Waals surface area contributed by atoms with Crippen LogP contribution in [0.15, 0.2) is 0 Å². The fourth-order valence-electron chi connectivity index (χ4n) is 0.500. The van der Waals surface area contributed by atoms with Gasteiger partial charge in [0.2, 0.25) is 0 Å². The maximum atomic E-state index is 2.23. The molecule has 0 radical (unpaired) electrons. The van der Waals surface area contributed by atoms with Crippen LogP contribution in [0.25, 0.3) is 0 Å². The molecule has 8 heavy (non-hydrogen) atoms. The summed E-state index contributed by atoms with van der Waals surface area (Å²) in [5.74, 6) is 0. The molecular formula is C6H17LiMg. The Labute approximate surface area is 85.6 Å². The van der Waals surface area contributed by atoms with Gasteiger partial charge in [-0.1, -0.05) is 39.5 Å². The zero-order valence-corrected chi connectivity index (χ0v) is 7.95. The van der Waals surface area contributed by atoms with Crippen molar-refractivity contribution < 1.29 is 23.1 Å². The summed E-state index contributed by atoms with van der Waals surface area (Å²) in [6.07, 6.45) is 5.54. The van der Waals surface area contributed by atoms with Crippen molar-refractivity contribution in [3.63, 3.8) is 0 Å². The molecule has 0 aromatic heterocycles. The summed E-state index contributed by atoms with van der Waals surface area (Å²) in [6, 6.07) is 0. The average molecular weight is 120 g/mol. The Morgan fingerprint density at radius 2 is 1.25 bits per heavy atom. The Kier molecular flexibility index (Phi) is 31.9. The standard InChI is InChI=1S/C6H14.Li.Mg.3H/c1-3-5-6-4-2;;;;;/h3-6H2,1-2H3;;;;;/q;+1;+2;3*-1. The van der Waals surface area contributed by atoms with E-state index in [2.05, 4.69) is 13.8 Å². The molecule has 0 aromatic rings. The molecule has 44 valence electrons. The quantitative estimate of drug-likeness (QED) is 0.350. The van der Waals surface area contributed by atoms with Gasteiger partial charge in [-0.25, -0.2) is 0 Å². The molecule has 0 spiro atoms. The fraction of sp³-hybridized carbons (Fsp3) is 1.00. The molecule has 2 heteroatoms. The maximum Gasteiger partial charge on any atom is 2.00 e. The van der Waals surface area contributed by atoms with Crippen LogP contribution in [0.5, 0.6) is 0 Å². The number of hydrogen-bond acceptors (Lipinski definition) is 0. The topological polar surface area (TPSA) is 0 Å². The summed E-state index contributed by atoms with van der Waals surface area (Å²) in [6.45, 7) is 4.46. The van der Waals surface area contributed by atoms with Crippen molar-refractivity contribution in [2.45, 2.75) is 39.5 Å². The van der Waals surface area contributed by atoms with E-state index in [1.807, 2.05) is 0 Å². The summed E-state index contributed by atoms with van der Waals surface area (Å²) in [7, 11) is 0. The number of hydrogen-bond donors (Lipinski definition) is 0. The van der Waals surface area contributed by atoms with Gasteiger partial charge in [0.1, 0.15) is 0 Å². The molecular weight excluding hydrogens is 103 g/mol. The Bertz CT molecular complexity index is 29.8. The second kappa shape index (κ2) is 15.8. The van der Waals surface area contributed by atoms with Crippen molar-refractivity contribution in [3.8, 4) is 0 Å². The zero-order chi connectivity index (χ0) is 4.83. The minimum absolute atomic E-state index is 0. The van der Waals surface area contributed by atoms with Crippen molar-refractivity contribution >= 4 is 23.1 Å². The van der Waals surface area contributed by atoms with Gasteiger partial charge in [-0.15, -0.1) is 0 Å². The van der Waals surface area contributed by atoms with Gasteiger partial charge < -0.3 is 4.28 Å². The van der Waals surface area contributed by atoms with Crippen LogP contribution < -0.4 is 18.9 Å². The molecule has 0 aliphatic carbocycles. The number of rotatable bonds is 3. The van der Waals surface area contributed by atoms with E-state index in [9.17, 15) is 0 Å². The van der Waals surface area contributed by atoms with Crippen molar-refractivity contribution in [2.24, 2.45) is 0 Å². The van der Waals surface area contributed by atoms with Gasteiger partial charge in [-0.05, 0) is 0 Å². The van der Waals surface area contributed by atoms with Crippen LogP contribution >= 0.6 is 0 Å². The molecule has 0 aliphatic heterocycles. The Morgan fingerprint density at radius 3 is 1.38 bits per heavy atom. The van der Waals surface area contributed by atoms with Gasteiger partial charge >= 0.3 is 41.9 Å². The van der Waals surface area contributed by atoms with Crippen LogP contribution in [0.3, 0.4) is 0 Å². The molecule has 0 fully saturated rings. The minimum Gasteiger partial charge on any atom is -1.00 e. The zero-order valence-electron chi connectivity index (χ0n) is 9.54. The maximum absolute atomic E-state index is 2.23. The van der Waals surface area contributed by atoms with Crippen LogP contribution in [0.4, 0.5) is 0 Å². The van der Waals surface area contributed by atoms with E-state index in [0.29, 0.717) is 0 Å². The largest absolute Gasteiger partial charge is 2.00 e. The van der Waals surface area contributed by atoms with Crippen LogP contribution in [0.1, 0.15) is 43.8 Å². The second-order valence-corrected chi connectivity index (χ2v) is 1.71. The first-order chi connectivity index (χ1) is 2.91. The van der Waals surface area contributed by atoms with Gasteiger partial charge in [0.05, 0.1) is 0 Å². The average Bonchev–Trinajstić information content (AvgIpc) is 1.61. The molecule has 0 unspecified atom stereocenters. The normalized spacial score (nSPS) is 6.75. The molecule has 0 aliphatic rings. The summed E-state index contributed by atoms with van der Waals surface area (Å²) in [4.78, 5) is 0. The van der Waals surface area contributed by atoms with E-state index < -0.39 is 0 Å². The van der Waals surface area contributed by atoms with Gasteiger partial charge in [0.15, 0.2) is 0 Å². The van der Waals surface area contributed by atoms with Crippen LogP contribution in [0, 0.1) is 0 Å². The van der Waals surface area contributed by atoms with Crippen LogP contribution in [0.2, 0.25) is 0 Å². The molecule has 0 heterocycles. The minimum atomic E-state index is 0. The predicted octanol–water partition coefficient (Wildman–Crippen LogP) is -0.453. The summed E-state index contributed by atoms with van der Waals surface area (Å²) < 4.78 is 0. The molecule has 0 nitrogen and oxygen atoms in total. The van der Waals surface area contributed by atoms with Crippen molar-refractivity contribution in [1.82, 2.24) is 0 Å². The summed E-state index contributed by atoms with van der Waals surface area (Å²) in [5.41, 5.74) is 0. The molecule has 0 amide bonds. The summed E-state index contributed by atoms with van der Waals surface area (Å²) in [5, 5.41) is 0. The Hall–Kier alpha value is 1.36. The monoisotopic (exact) mass is 120 g/mol. The van der Waals surface area contributed by atoms with Crippen molar-refractivity contribution in [1.29, 1.82) is 0 Å². The number of unbranched alkanes of at least 4 members (excludes halogenated alkanes) is 3. The molecule has 0 aromatic carbocycles. The second-order valence-electron chi connectivity index (χ2n) is 1.71. The van der Waals surface area contributed by atoms with E-state index in [1.165, 1.54) is 25.7 Å². The summed E-state index contributed by atoms with van der Waals surface area (Å²) >= 11 is 0. The van der Waals surface area contributed by atoms with E-state index in [0.717, 1.165) is 0 Å². The molecule has 0 saturated carbocycles. The molecule has 0 bridgehead atoms. The smallest absolute Gasteiger partial charge is 1.00 e. The first kappa shape index (κ1) is 16.2. The Balaban J connectivity index is -0.0000000125. The van der Waals surface area contributed by atoms with Crippen molar-refractivity contribution in [3.05, 3.63) is 0 Å². The van der Waals surface area contributed by atoms with E-state index in [4.69, 9.17) is 0 Å². The fourth-order valence-corrected chi connectivity index (χ4v) is 0.500. The third-order valence-corrected chi connectivity index (χ3v) is 0.957. The molecule has 0 N–H and O–H groups in total. The van der Waals surface area contributed by atoms with Gasteiger partial charge in [0.25, 0.3) is 0 Å². The van der Waals surface area contributed by atoms with E-state index in [1.54, 1.807) is 0 Å². The van der Waals surface area contributed by atoms with Crippen LogP contribution in [-0.4, -0.2) is 23.1 Å². The van der Waals surface area contributed by atoms with Gasteiger partial charge in [-0.3, -0.25) is 0 Å². The Morgan fingerprint density at radius 1 is 1.00 bits per heavy atom. The van der Waals surface area contributed by atoms with E-state index >= 15 is 0 Å².